The van der Waals surface area contributed by atoms with Gasteiger partial charge in [-0.3, -0.25) is 4.79 Å². The number of nitrogens with zero attached hydrogens (tertiary/aromatic N) is 1. The van der Waals surface area contributed by atoms with Gasteiger partial charge in [-0.15, -0.1) is 0 Å². The first-order chi connectivity index (χ1) is 5.90. The van der Waals surface area contributed by atoms with Gasteiger partial charge in [-0.25, -0.2) is 4.99 Å². The molecule has 1 aromatic rings. The molecular formula is C9H8NO2+. The van der Waals surface area contributed by atoms with E-state index in [2.05, 4.69) is 4.99 Å². The van der Waals surface area contributed by atoms with Crippen molar-refractivity contribution in [1.29, 1.82) is 0 Å². The van der Waals surface area contributed by atoms with Gasteiger partial charge >= 0.3 is 1.43 Å². The zero-order valence-corrected chi connectivity index (χ0v) is 6.36. The van der Waals surface area contributed by atoms with Crippen LogP contribution in [0.3, 0.4) is 0 Å². The molecular weight excluding hydrogens is 154 g/mol. The first kappa shape index (κ1) is 7.03. The second-order valence-corrected chi connectivity index (χ2v) is 2.49. The zero-order valence-electron chi connectivity index (χ0n) is 7.36. The quantitative estimate of drug-likeness (QED) is 0.588. The molecule has 0 aromatic heterocycles. The maximum atomic E-state index is 10.3. The molecule has 2 rings (SSSR count). The van der Waals surface area contributed by atoms with Crippen molar-refractivity contribution in [2.24, 2.45) is 4.99 Å². The second kappa shape index (κ2) is 2.77. The summed E-state index contributed by atoms with van der Waals surface area (Å²) in [4.78, 5) is 14.3. The van der Waals surface area contributed by atoms with Crippen molar-refractivity contribution in [3.63, 3.8) is 0 Å². The van der Waals surface area contributed by atoms with Crippen LogP contribution in [0.2, 0.25) is 0 Å². The Bertz CT molecular complexity index is 349. The molecule has 0 saturated heterocycles. The van der Waals surface area contributed by atoms with E-state index in [0.29, 0.717) is 12.9 Å². The lowest BCUT2D eigenvalue weighted by molar-refractivity contribution is -0.104. The maximum absolute atomic E-state index is 10.3. The van der Waals surface area contributed by atoms with E-state index in [4.69, 9.17) is 4.74 Å². The van der Waals surface area contributed by atoms with Crippen LogP contribution in [-0.4, -0.2) is 12.2 Å². The highest BCUT2D eigenvalue weighted by Gasteiger charge is 2.10. The molecule has 0 spiro atoms. The van der Waals surface area contributed by atoms with E-state index in [1.165, 1.54) is 0 Å². The Kier molecular flexibility index (Phi) is 1.63. The van der Waals surface area contributed by atoms with Crippen molar-refractivity contribution in [3.8, 4) is 0 Å². The van der Waals surface area contributed by atoms with E-state index in [0.717, 1.165) is 11.3 Å². The summed E-state index contributed by atoms with van der Waals surface area (Å²) in [5.74, 6) is 0.161. The van der Waals surface area contributed by atoms with E-state index in [9.17, 15) is 4.79 Å². The van der Waals surface area contributed by atoms with Gasteiger partial charge in [-0.2, -0.15) is 0 Å². The SMILES string of the molecule is O=CC1=Nc2ccccc2CO1.[H+]. The molecule has 1 heterocycles. The number of para-hydroxylation sites is 1. The molecule has 1 aromatic carbocycles. The number of carbonyl (C=O) groups excluding carboxylic acids is 1. The summed E-state index contributed by atoms with van der Waals surface area (Å²) in [5, 5.41) is 0. The number of benzene rings is 1. The zero-order chi connectivity index (χ0) is 8.39. The Labute approximate surface area is 71.2 Å². The Morgan fingerprint density at radius 3 is 3.17 bits per heavy atom. The average Bonchev–Trinajstić information content (AvgIpc) is 2.17. The molecule has 0 bridgehead atoms. The van der Waals surface area contributed by atoms with Gasteiger partial charge in [-0.1, -0.05) is 18.2 Å². The van der Waals surface area contributed by atoms with E-state index in [1.807, 2.05) is 24.3 Å². The summed E-state index contributed by atoms with van der Waals surface area (Å²) in [7, 11) is 0. The van der Waals surface area contributed by atoms with Gasteiger partial charge in [-0.05, 0) is 6.07 Å². The maximum Gasteiger partial charge on any atom is 1.00 e. The molecule has 0 radical (unpaired) electrons. The molecule has 0 fully saturated rings. The average molecular weight is 162 g/mol. The van der Waals surface area contributed by atoms with Crippen molar-refractivity contribution >= 4 is 17.9 Å². The van der Waals surface area contributed by atoms with Crippen LogP contribution in [-0.2, 0) is 16.1 Å². The van der Waals surface area contributed by atoms with Crippen LogP contribution in [0.15, 0.2) is 29.3 Å². The number of ether oxygens (including phenoxy) is 1. The number of aliphatic imine (C=N–C) groups is 1. The van der Waals surface area contributed by atoms with Crippen LogP contribution in [0.5, 0.6) is 0 Å². The van der Waals surface area contributed by atoms with Crippen LogP contribution < -0.4 is 0 Å². The number of hydrogen-bond donors (Lipinski definition) is 0. The number of fused-ring (bicyclic) bond motifs is 1. The highest BCUT2D eigenvalue weighted by Crippen LogP contribution is 2.23. The molecule has 0 atom stereocenters. The van der Waals surface area contributed by atoms with E-state index in [1.54, 1.807) is 0 Å². The third-order valence-corrected chi connectivity index (χ3v) is 1.70. The monoisotopic (exact) mass is 162 g/mol. The summed E-state index contributed by atoms with van der Waals surface area (Å²) >= 11 is 0. The van der Waals surface area contributed by atoms with Gasteiger partial charge in [0, 0.05) is 5.56 Å². The molecule has 1 aliphatic heterocycles. The minimum absolute atomic E-state index is 0. The third-order valence-electron chi connectivity index (χ3n) is 1.70. The summed E-state index contributed by atoms with van der Waals surface area (Å²) in [5.41, 5.74) is 1.84. The van der Waals surface area contributed by atoms with Crippen LogP contribution in [0.25, 0.3) is 0 Å². The van der Waals surface area contributed by atoms with Crippen LogP contribution in [0.1, 0.15) is 6.99 Å². The van der Waals surface area contributed by atoms with E-state index in [-0.39, 0.29) is 7.32 Å². The van der Waals surface area contributed by atoms with Gasteiger partial charge in [0.1, 0.15) is 6.61 Å². The molecule has 12 heavy (non-hydrogen) atoms. The highest BCUT2D eigenvalue weighted by molar-refractivity contribution is 6.24. The molecule has 3 nitrogen and oxygen atoms in total. The summed E-state index contributed by atoms with van der Waals surface area (Å²) in [6.07, 6.45) is 0.621. The van der Waals surface area contributed by atoms with Gasteiger partial charge in [0.2, 0.25) is 6.29 Å². The molecule has 60 valence electrons. The van der Waals surface area contributed by atoms with Crippen LogP contribution in [0.4, 0.5) is 5.69 Å². The smallest absolute Gasteiger partial charge is 0.470 e. The summed E-state index contributed by atoms with van der Waals surface area (Å²) in [6, 6.07) is 7.60. The first-order valence-electron chi connectivity index (χ1n) is 3.65. The fourth-order valence-corrected chi connectivity index (χ4v) is 1.11. The van der Waals surface area contributed by atoms with Crippen molar-refractivity contribution in [1.82, 2.24) is 0 Å². The summed E-state index contributed by atoms with van der Waals surface area (Å²) < 4.78 is 5.04. The third kappa shape index (κ3) is 1.09. The first-order valence-corrected chi connectivity index (χ1v) is 3.65. The van der Waals surface area contributed by atoms with Gasteiger partial charge < -0.3 is 4.74 Å². The van der Waals surface area contributed by atoms with E-state index < -0.39 is 0 Å². The minimum atomic E-state index is 0. The topological polar surface area (TPSA) is 38.7 Å². The number of rotatable bonds is 1. The predicted octanol–water partition coefficient (Wildman–Crippen LogP) is 1.56. The molecule has 3 heteroatoms. The molecule has 0 unspecified atom stereocenters. The molecule has 1 aliphatic rings. The van der Waals surface area contributed by atoms with Crippen LogP contribution >= 0.6 is 0 Å². The predicted molar refractivity (Wildman–Crippen MR) is 45.5 cm³/mol. The fraction of sp³-hybridized carbons (Fsp3) is 0.111. The van der Waals surface area contributed by atoms with E-state index >= 15 is 0 Å². The molecule has 0 saturated carbocycles. The van der Waals surface area contributed by atoms with Crippen molar-refractivity contribution in [2.75, 3.05) is 0 Å². The van der Waals surface area contributed by atoms with Gasteiger partial charge in [0.25, 0.3) is 5.90 Å². The standard InChI is InChI=1S/C9H7NO2/c11-5-9-10-8-4-2-1-3-7(8)6-12-9/h1-5H,6H2/p+1. The Balaban J connectivity index is 0.000000845. The summed E-state index contributed by atoms with van der Waals surface area (Å²) in [6.45, 7) is 0.438. The minimum Gasteiger partial charge on any atom is -0.470 e. The lowest BCUT2D eigenvalue weighted by Gasteiger charge is -2.12. The van der Waals surface area contributed by atoms with Gasteiger partial charge in [0.15, 0.2) is 0 Å². The fourth-order valence-electron chi connectivity index (χ4n) is 1.11. The van der Waals surface area contributed by atoms with Gasteiger partial charge in [0.05, 0.1) is 5.69 Å². The number of hydrogen-bond acceptors (Lipinski definition) is 3. The van der Waals surface area contributed by atoms with Crippen molar-refractivity contribution < 1.29 is 11.0 Å². The largest absolute Gasteiger partial charge is 1.00 e. The molecule has 0 amide bonds. The highest BCUT2D eigenvalue weighted by atomic mass is 16.5. The Morgan fingerprint density at radius 2 is 2.33 bits per heavy atom. The Hall–Kier alpha value is -1.64. The lowest BCUT2D eigenvalue weighted by atomic mass is 10.2. The van der Waals surface area contributed by atoms with Crippen molar-refractivity contribution in [2.45, 2.75) is 6.61 Å². The number of aldehydes is 1. The lowest BCUT2D eigenvalue weighted by Crippen LogP contribution is -2.10. The Morgan fingerprint density at radius 1 is 1.50 bits per heavy atom. The van der Waals surface area contributed by atoms with Crippen molar-refractivity contribution in [3.05, 3.63) is 29.8 Å². The molecule has 0 N–H and O–H groups in total. The molecule has 0 aliphatic carbocycles. The van der Waals surface area contributed by atoms with Crippen LogP contribution in [0, 0.1) is 0 Å². The number of carbonyl (C=O) groups is 1. The normalized spacial score (nSPS) is 14.2. The second-order valence-electron chi connectivity index (χ2n) is 2.49.